The van der Waals surface area contributed by atoms with Gasteiger partial charge in [0.05, 0.1) is 22.7 Å². The number of nitrogens with zero attached hydrogens (tertiary/aromatic N) is 2. The van der Waals surface area contributed by atoms with Gasteiger partial charge in [0.25, 0.3) is 0 Å². The Labute approximate surface area is 495 Å². The summed E-state index contributed by atoms with van der Waals surface area (Å²) in [5.74, 6) is 1.29. The second kappa shape index (κ2) is 21.3. The Kier molecular flexibility index (Phi) is 13.7. The molecule has 0 spiro atoms. The minimum absolute atomic E-state index is 0.170. The maximum Gasteiger partial charge on any atom is 0.159 e. The third-order valence-corrected chi connectivity index (χ3v) is 17.8. The molecule has 0 aliphatic heterocycles. The van der Waals surface area contributed by atoms with E-state index in [1.165, 1.54) is 66.1 Å². The SMILES string of the molecule is Cc1ccc(C)c(N(c2cccc(-c3cccc(-c4ccccc4C(C)C)c3)c2O)c2cc(C(C)C)c3ccc4c(N(c5cc(C)ccc5C)c5cccc6c5oc5c(-c7ccccc7C(C)C)cccc56)cc(C(C)C)c5ccc2c3c54)c1. The molecule has 0 aliphatic rings. The van der Waals surface area contributed by atoms with Crippen molar-refractivity contribution in [3.05, 3.63) is 245 Å². The van der Waals surface area contributed by atoms with Gasteiger partial charge in [-0.2, -0.15) is 0 Å². The van der Waals surface area contributed by atoms with Gasteiger partial charge < -0.3 is 19.3 Å². The number of furan rings is 1. The van der Waals surface area contributed by atoms with Crippen LogP contribution in [0.3, 0.4) is 0 Å². The largest absolute Gasteiger partial charge is 0.505 e. The summed E-state index contributed by atoms with van der Waals surface area (Å²) in [6.07, 6.45) is 0. The van der Waals surface area contributed by atoms with Gasteiger partial charge >= 0.3 is 0 Å². The summed E-state index contributed by atoms with van der Waals surface area (Å²) in [6, 6.07) is 73.5. The molecule has 0 bridgehead atoms. The van der Waals surface area contributed by atoms with Gasteiger partial charge in [-0.3, -0.25) is 0 Å². The van der Waals surface area contributed by atoms with Gasteiger partial charge in [-0.1, -0.05) is 213 Å². The van der Waals surface area contributed by atoms with E-state index in [2.05, 4.69) is 293 Å². The Balaban J connectivity index is 1.09. The highest BCUT2D eigenvalue weighted by atomic mass is 16.3. The van der Waals surface area contributed by atoms with Gasteiger partial charge in [0.2, 0.25) is 0 Å². The Morgan fingerprint density at radius 2 is 0.738 bits per heavy atom. The predicted molar refractivity (Wildman–Crippen MR) is 360 cm³/mol. The van der Waals surface area contributed by atoms with Crippen molar-refractivity contribution in [2.75, 3.05) is 9.80 Å². The van der Waals surface area contributed by atoms with E-state index >= 15 is 0 Å². The number of hydrogen-bond donors (Lipinski definition) is 1. The number of phenolic OH excluding ortho intramolecular Hbond substituents is 1. The number of para-hydroxylation sites is 3. The Morgan fingerprint density at radius 3 is 1.31 bits per heavy atom. The number of benzene rings is 12. The molecule has 1 aromatic heterocycles. The summed E-state index contributed by atoms with van der Waals surface area (Å²) >= 11 is 0. The van der Waals surface area contributed by atoms with Gasteiger partial charge in [-0.25, -0.2) is 0 Å². The topological polar surface area (TPSA) is 39.9 Å². The van der Waals surface area contributed by atoms with E-state index < -0.39 is 0 Å². The van der Waals surface area contributed by atoms with Gasteiger partial charge in [-0.05, 0) is 182 Å². The molecule has 13 aromatic rings. The molecule has 0 fully saturated rings. The molecule has 0 atom stereocenters. The molecule has 1 heterocycles. The summed E-state index contributed by atoms with van der Waals surface area (Å²) in [5, 5.41) is 22.5. The first kappa shape index (κ1) is 54.1. The molecule has 1 N–H and O–H groups in total. The van der Waals surface area contributed by atoms with Crippen LogP contribution in [0.5, 0.6) is 5.75 Å². The van der Waals surface area contributed by atoms with Crippen LogP contribution in [-0.2, 0) is 0 Å². The van der Waals surface area contributed by atoms with E-state index in [0.717, 1.165) is 100 Å². The number of fused-ring (bicyclic) bond motifs is 3. The molecule has 0 saturated heterocycles. The van der Waals surface area contributed by atoms with Crippen LogP contribution in [0.25, 0.3) is 87.6 Å². The predicted octanol–water partition coefficient (Wildman–Crippen LogP) is 23.9. The molecular formula is C80H74N2O2. The lowest BCUT2D eigenvalue weighted by atomic mass is 9.84. The number of aromatic hydroxyl groups is 1. The minimum Gasteiger partial charge on any atom is -0.505 e. The first-order valence-electron chi connectivity index (χ1n) is 30.2. The normalized spacial score (nSPS) is 12.0. The fourth-order valence-corrected chi connectivity index (χ4v) is 13.5. The lowest BCUT2D eigenvalue weighted by molar-refractivity contribution is 0.478. The van der Waals surface area contributed by atoms with Crippen molar-refractivity contribution in [2.24, 2.45) is 0 Å². The lowest BCUT2D eigenvalue weighted by Crippen LogP contribution is -2.14. The fraction of sp³-hybridized carbons (Fsp3) is 0.200. The average molecular weight is 1100 g/mol. The second-order valence-corrected chi connectivity index (χ2v) is 24.8. The molecule has 13 rings (SSSR count). The molecule has 0 radical (unpaired) electrons. The number of anilines is 6. The molecule has 84 heavy (non-hydrogen) atoms. The van der Waals surface area contributed by atoms with Crippen molar-refractivity contribution in [3.8, 4) is 39.1 Å². The van der Waals surface area contributed by atoms with E-state index in [1.54, 1.807) is 0 Å². The Morgan fingerprint density at radius 1 is 0.310 bits per heavy atom. The van der Waals surface area contributed by atoms with Crippen molar-refractivity contribution < 1.29 is 9.52 Å². The zero-order valence-corrected chi connectivity index (χ0v) is 50.6. The quantitative estimate of drug-likeness (QED) is 0.117. The number of rotatable bonds is 13. The first-order valence-corrected chi connectivity index (χ1v) is 30.2. The van der Waals surface area contributed by atoms with Crippen LogP contribution < -0.4 is 9.80 Å². The van der Waals surface area contributed by atoms with Crippen LogP contribution in [0.1, 0.15) is 124 Å². The van der Waals surface area contributed by atoms with Crippen LogP contribution in [0.4, 0.5) is 34.1 Å². The maximum atomic E-state index is 13.1. The van der Waals surface area contributed by atoms with Gasteiger partial charge in [0, 0.05) is 44.0 Å². The van der Waals surface area contributed by atoms with Crippen molar-refractivity contribution >= 4 is 88.4 Å². The highest BCUT2D eigenvalue weighted by Crippen LogP contribution is 2.55. The van der Waals surface area contributed by atoms with Crippen molar-refractivity contribution in [1.82, 2.24) is 0 Å². The number of phenols is 1. The molecule has 4 nitrogen and oxygen atoms in total. The molecule has 0 saturated carbocycles. The zero-order valence-electron chi connectivity index (χ0n) is 50.6. The Hall–Kier alpha value is -9.12. The second-order valence-electron chi connectivity index (χ2n) is 24.8. The van der Waals surface area contributed by atoms with E-state index in [9.17, 15) is 5.11 Å². The minimum atomic E-state index is 0.170. The van der Waals surface area contributed by atoms with Crippen LogP contribution in [0.15, 0.2) is 205 Å². The third kappa shape index (κ3) is 8.97. The summed E-state index contributed by atoms with van der Waals surface area (Å²) < 4.78 is 7.40. The lowest BCUT2D eigenvalue weighted by Gasteiger charge is -2.33. The molecule has 12 aromatic carbocycles. The smallest absolute Gasteiger partial charge is 0.159 e. The third-order valence-electron chi connectivity index (χ3n) is 17.8. The van der Waals surface area contributed by atoms with Crippen LogP contribution in [0.2, 0.25) is 0 Å². The first-order chi connectivity index (χ1) is 40.6. The molecule has 416 valence electrons. The van der Waals surface area contributed by atoms with Crippen LogP contribution in [0, 0.1) is 27.7 Å². The van der Waals surface area contributed by atoms with E-state index in [-0.39, 0.29) is 17.6 Å². The van der Waals surface area contributed by atoms with Crippen molar-refractivity contribution in [2.45, 2.75) is 107 Å². The molecule has 0 unspecified atom stereocenters. The molecule has 0 aliphatic carbocycles. The zero-order chi connectivity index (χ0) is 58.4. The summed E-state index contributed by atoms with van der Waals surface area (Å²) in [5.41, 5.74) is 23.8. The summed E-state index contributed by atoms with van der Waals surface area (Å²) in [7, 11) is 0. The highest BCUT2D eigenvalue weighted by Gasteiger charge is 2.30. The van der Waals surface area contributed by atoms with Crippen LogP contribution in [-0.4, -0.2) is 5.11 Å². The van der Waals surface area contributed by atoms with Crippen molar-refractivity contribution in [1.29, 1.82) is 0 Å². The van der Waals surface area contributed by atoms with E-state index in [0.29, 0.717) is 11.8 Å². The molecule has 4 heteroatoms. The van der Waals surface area contributed by atoms with Gasteiger partial charge in [0.15, 0.2) is 5.58 Å². The summed E-state index contributed by atoms with van der Waals surface area (Å²) in [4.78, 5) is 4.85. The van der Waals surface area contributed by atoms with E-state index in [1.807, 2.05) is 0 Å². The monoisotopic (exact) mass is 1090 g/mol. The number of hydrogen-bond acceptors (Lipinski definition) is 4. The Bertz CT molecular complexity index is 4700. The van der Waals surface area contributed by atoms with Crippen molar-refractivity contribution in [3.63, 3.8) is 0 Å². The van der Waals surface area contributed by atoms with E-state index in [4.69, 9.17) is 4.42 Å². The van der Waals surface area contributed by atoms with Crippen LogP contribution >= 0.6 is 0 Å². The highest BCUT2D eigenvalue weighted by molar-refractivity contribution is 6.30. The number of aryl methyl sites for hydroxylation is 4. The average Bonchev–Trinajstić information content (AvgIpc) is 0.890. The fourth-order valence-electron chi connectivity index (χ4n) is 13.5. The molecule has 0 amide bonds. The summed E-state index contributed by atoms with van der Waals surface area (Å²) in [6.45, 7) is 27.1. The van der Waals surface area contributed by atoms with Gasteiger partial charge in [-0.15, -0.1) is 0 Å². The standard InChI is InChI=1S/C80H74N2O2/c1-46(2)56-23-13-15-25-58(56)54-21-17-22-55(43-54)59-27-19-31-70(78(59)83)81(72-41-50(9)33-35-52(72)11)74-44-68(48(5)6)61-38-40-67-75(45-69(49(7)8)62-37-39-66(74)76(61)77(62)67)82(73-42-51(10)34-36-53(73)12)71-32-20-30-65-64-29-18-28-63(79(64)84-80(65)71)60-26-16-14-24-57(60)47(3)4/h13-49,83H,1-12H3. The maximum absolute atomic E-state index is 13.1. The van der Waals surface area contributed by atoms with Gasteiger partial charge in [0.1, 0.15) is 11.3 Å². The molecular weight excluding hydrogens is 1020 g/mol.